The second-order valence-corrected chi connectivity index (χ2v) is 36.3. The van der Waals surface area contributed by atoms with E-state index in [1.807, 2.05) is 6.07 Å². The van der Waals surface area contributed by atoms with Gasteiger partial charge in [-0.05, 0) is 97.3 Å². The molecule has 8 atom stereocenters. The highest BCUT2D eigenvalue weighted by Gasteiger charge is 2.50. The fraction of sp³-hybridized carbons (Fsp3) is 0.818. The van der Waals surface area contributed by atoms with Crippen molar-refractivity contribution in [2.75, 3.05) is 26.1 Å². The summed E-state index contributed by atoms with van der Waals surface area (Å²) in [5.41, 5.74) is 1.06. The molecular weight excluding hydrogens is 773 g/mol. The van der Waals surface area contributed by atoms with Crippen LogP contribution in [-0.4, -0.2) is 96.1 Å². The minimum absolute atomic E-state index is 0.000640. The lowest BCUT2D eigenvalue weighted by Crippen LogP contribution is -2.49. The van der Waals surface area contributed by atoms with Crippen molar-refractivity contribution in [1.82, 2.24) is 0 Å². The SMILES string of the molecule is C=C1[C@H](C)C[C@H](CCCO[Si](CC)(CC)CC)O[C@@H]1CC1O[C@H](CC(CO[Si](C)(C)C(C)(C)C)O[Si](C)(C)C(C)(C)C)[C@H](OC)C1CS(=O)(=O)c1ccccc1. The molecule has 0 bridgehead atoms. The zero-order valence-electron chi connectivity index (χ0n) is 38.2. The van der Waals surface area contributed by atoms with E-state index in [0.717, 1.165) is 49.6 Å². The van der Waals surface area contributed by atoms with Gasteiger partial charge in [-0.1, -0.05) is 94.0 Å². The van der Waals surface area contributed by atoms with E-state index in [4.69, 9.17) is 27.5 Å². The number of ether oxygens (including phenoxy) is 3. The number of benzene rings is 1. The maximum Gasteiger partial charge on any atom is 0.192 e. The molecule has 324 valence electrons. The summed E-state index contributed by atoms with van der Waals surface area (Å²) in [6, 6.07) is 12.2. The van der Waals surface area contributed by atoms with Crippen LogP contribution in [0.4, 0.5) is 0 Å². The number of hydrogen-bond acceptors (Lipinski definition) is 8. The van der Waals surface area contributed by atoms with Gasteiger partial charge in [0.2, 0.25) is 0 Å². The Labute approximate surface area is 346 Å². The summed E-state index contributed by atoms with van der Waals surface area (Å²) in [7, 11) is -7.92. The molecule has 0 spiro atoms. The Hall–Kier alpha value is -0.679. The lowest BCUT2D eigenvalue weighted by atomic mass is 9.83. The highest BCUT2D eigenvalue weighted by molar-refractivity contribution is 7.91. The molecule has 8 nitrogen and oxygen atoms in total. The van der Waals surface area contributed by atoms with Gasteiger partial charge in [0, 0.05) is 32.5 Å². The van der Waals surface area contributed by atoms with Gasteiger partial charge >= 0.3 is 0 Å². The zero-order chi connectivity index (χ0) is 42.3. The molecule has 2 aliphatic rings. The van der Waals surface area contributed by atoms with E-state index in [0.29, 0.717) is 24.3 Å². The van der Waals surface area contributed by atoms with Gasteiger partial charge in [0.05, 0.1) is 53.9 Å². The third kappa shape index (κ3) is 12.9. The summed E-state index contributed by atoms with van der Waals surface area (Å²) < 4.78 is 68.9. The van der Waals surface area contributed by atoms with E-state index in [9.17, 15) is 8.42 Å². The van der Waals surface area contributed by atoms with Crippen LogP contribution in [-0.2, 0) is 37.3 Å². The Balaban J connectivity index is 1.92. The Morgan fingerprint density at radius 3 is 2.00 bits per heavy atom. The first-order valence-corrected chi connectivity index (χ1v) is 31.6. The highest BCUT2D eigenvalue weighted by Crippen LogP contribution is 2.43. The van der Waals surface area contributed by atoms with Crippen LogP contribution in [0.2, 0.25) is 54.4 Å². The minimum Gasteiger partial charge on any atom is -0.417 e. The van der Waals surface area contributed by atoms with Crippen molar-refractivity contribution in [3.63, 3.8) is 0 Å². The van der Waals surface area contributed by atoms with Crippen molar-refractivity contribution in [3.05, 3.63) is 42.5 Å². The quantitative estimate of drug-likeness (QED) is 0.0686. The standard InChI is InChI=1S/C44H82O8SSi3/c1-17-56(18-2,19-3)48-27-23-24-35-28-33(4)34(5)39(50-35)30-40-38(32-53(45,46)37-25-21-20-22-26-37)42(47-12)41(51-40)29-36(52-55(15,16)44(9,10)11)31-49-54(13,14)43(6,7)8/h20-22,25-26,33,35-36,38-42H,5,17-19,23-24,27-32H2,1-4,6-16H3/t33-,35+,36?,38?,39-,40?,41-,42-/m1/s1. The van der Waals surface area contributed by atoms with Gasteiger partial charge in [-0.3, -0.25) is 0 Å². The molecule has 2 fully saturated rings. The van der Waals surface area contributed by atoms with E-state index in [1.165, 1.54) is 0 Å². The smallest absolute Gasteiger partial charge is 0.192 e. The van der Waals surface area contributed by atoms with Crippen molar-refractivity contribution in [2.45, 2.75) is 197 Å². The van der Waals surface area contributed by atoms with Gasteiger partial charge in [-0.15, -0.1) is 0 Å². The number of hydrogen-bond donors (Lipinski definition) is 0. The lowest BCUT2D eigenvalue weighted by molar-refractivity contribution is -0.0759. The van der Waals surface area contributed by atoms with Gasteiger partial charge in [-0.2, -0.15) is 0 Å². The number of rotatable bonds is 21. The van der Waals surface area contributed by atoms with Gasteiger partial charge in [0.25, 0.3) is 0 Å². The maximum atomic E-state index is 14.1. The Morgan fingerprint density at radius 1 is 0.875 bits per heavy atom. The van der Waals surface area contributed by atoms with Crippen LogP contribution in [0, 0.1) is 11.8 Å². The van der Waals surface area contributed by atoms with Crippen molar-refractivity contribution in [3.8, 4) is 0 Å². The summed E-state index contributed by atoms with van der Waals surface area (Å²) in [5.74, 6) is -0.217. The molecule has 12 heteroatoms. The number of methoxy groups -OCH3 is 1. The van der Waals surface area contributed by atoms with E-state index in [2.05, 4.69) is 102 Å². The molecule has 1 aromatic rings. The summed E-state index contributed by atoms with van der Waals surface area (Å²) in [6.45, 7) is 37.4. The monoisotopic (exact) mass is 855 g/mol. The summed E-state index contributed by atoms with van der Waals surface area (Å²) in [6.07, 6.45) is 2.22. The predicted molar refractivity (Wildman–Crippen MR) is 240 cm³/mol. The van der Waals surface area contributed by atoms with Crippen molar-refractivity contribution in [2.24, 2.45) is 11.8 Å². The van der Waals surface area contributed by atoms with Crippen LogP contribution >= 0.6 is 0 Å². The van der Waals surface area contributed by atoms with Crippen LogP contribution < -0.4 is 0 Å². The van der Waals surface area contributed by atoms with Crippen molar-refractivity contribution in [1.29, 1.82) is 0 Å². The van der Waals surface area contributed by atoms with Gasteiger partial charge < -0.3 is 27.5 Å². The Morgan fingerprint density at radius 2 is 1.46 bits per heavy atom. The molecule has 0 amide bonds. The first-order chi connectivity index (χ1) is 25.9. The van der Waals surface area contributed by atoms with E-state index >= 15 is 0 Å². The normalized spacial score (nSPS) is 26.5. The fourth-order valence-electron chi connectivity index (χ4n) is 7.83. The molecule has 0 aromatic heterocycles. The fourth-order valence-corrected chi connectivity index (χ4v) is 14.6. The summed E-state index contributed by atoms with van der Waals surface area (Å²) >= 11 is 0. The average Bonchev–Trinajstić information content (AvgIpc) is 3.42. The topological polar surface area (TPSA) is 89.5 Å². The molecule has 0 aliphatic carbocycles. The molecule has 3 unspecified atom stereocenters. The first kappa shape index (κ1) is 49.7. The zero-order valence-corrected chi connectivity index (χ0v) is 42.0. The Bertz CT molecular complexity index is 1460. The van der Waals surface area contributed by atoms with E-state index in [1.54, 1.807) is 31.4 Å². The molecule has 0 radical (unpaired) electrons. The van der Waals surface area contributed by atoms with Gasteiger partial charge in [0.1, 0.15) is 0 Å². The lowest BCUT2D eigenvalue weighted by Gasteiger charge is -2.42. The van der Waals surface area contributed by atoms with Crippen LogP contribution in [0.3, 0.4) is 0 Å². The molecule has 0 N–H and O–H groups in total. The highest BCUT2D eigenvalue weighted by atomic mass is 32.2. The number of sulfone groups is 1. The van der Waals surface area contributed by atoms with Crippen LogP contribution in [0.25, 0.3) is 0 Å². The van der Waals surface area contributed by atoms with Crippen LogP contribution in [0.5, 0.6) is 0 Å². The van der Waals surface area contributed by atoms with Crippen LogP contribution in [0.15, 0.2) is 47.4 Å². The maximum absolute atomic E-state index is 14.1. The van der Waals surface area contributed by atoms with E-state index < -0.39 is 52.9 Å². The van der Waals surface area contributed by atoms with Crippen molar-refractivity contribution >= 4 is 34.8 Å². The minimum atomic E-state index is -3.65. The third-order valence-corrected chi connectivity index (χ3v) is 29.6. The second kappa shape index (κ2) is 20.3. The van der Waals surface area contributed by atoms with Gasteiger partial charge in [-0.25, -0.2) is 8.42 Å². The van der Waals surface area contributed by atoms with E-state index in [-0.39, 0.29) is 46.2 Å². The van der Waals surface area contributed by atoms with Crippen LogP contribution in [0.1, 0.15) is 101 Å². The summed E-state index contributed by atoms with van der Waals surface area (Å²) in [5, 5.41) is 0.0477. The molecule has 2 aliphatic heterocycles. The molecule has 0 saturated carbocycles. The predicted octanol–water partition coefficient (Wildman–Crippen LogP) is 11.2. The third-order valence-electron chi connectivity index (χ3n) is 14.1. The Kier molecular flexibility index (Phi) is 18.0. The summed E-state index contributed by atoms with van der Waals surface area (Å²) in [4.78, 5) is 0.314. The molecular formula is C44H82O8SSi3. The molecule has 2 heterocycles. The second-order valence-electron chi connectivity index (χ2n) is 19.9. The van der Waals surface area contributed by atoms with Gasteiger partial charge in [0.15, 0.2) is 34.8 Å². The molecule has 3 rings (SSSR count). The van der Waals surface area contributed by atoms with Crippen molar-refractivity contribution < 1.29 is 35.9 Å². The first-order valence-electron chi connectivity index (χ1n) is 21.6. The molecule has 56 heavy (non-hydrogen) atoms. The average molecular weight is 855 g/mol. The molecule has 2 saturated heterocycles. The molecule has 1 aromatic carbocycles. The largest absolute Gasteiger partial charge is 0.417 e.